The molecule has 2 amide bonds. The van der Waals surface area contributed by atoms with Crippen molar-refractivity contribution >= 4 is 17.5 Å². The number of amides is 2. The molecule has 1 aliphatic rings. The number of piperidine rings is 1. The number of anilines is 1. The molecule has 4 rings (SSSR count). The largest absolute Gasteiger partial charge is 0.468 e. The molecular formula is C25H26N2O4. The van der Waals surface area contributed by atoms with Crippen molar-refractivity contribution < 1.29 is 18.7 Å². The van der Waals surface area contributed by atoms with Gasteiger partial charge in [0.1, 0.15) is 0 Å². The average molecular weight is 418 g/mol. The van der Waals surface area contributed by atoms with Crippen molar-refractivity contribution in [3.63, 3.8) is 0 Å². The van der Waals surface area contributed by atoms with E-state index in [2.05, 4.69) is 30.4 Å². The lowest BCUT2D eigenvalue weighted by Gasteiger charge is -2.31. The van der Waals surface area contributed by atoms with E-state index in [1.165, 1.54) is 12.7 Å². The smallest absolute Gasteiger partial charge is 0.289 e. The number of methoxy groups -OCH3 is 1. The zero-order valence-corrected chi connectivity index (χ0v) is 17.8. The maximum Gasteiger partial charge on any atom is 0.289 e. The zero-order chi connectivity index (χ0) is 21.8. The molecule has 1 saturated heterocycles. The minimum atomic E-state index is -0.266. The standard InChI is InChI=1S/C25H26N2O4/c1-17-6-3-7-18(14-17)19-8-4-10-21(15-19)26-24(28)20-9-5-13-27(16-20)25(29)22-11-12-23(30-2)31-22/h3-4,6-8,10-12,14-15,20H,5,9,13,16H2,1-2H3,(H,26,28). The van der Waals surface area contributed by atoms with Crippen LogP contribution in [-0.2, 0) is 4.79 Å². The molecule has 0 spiro atoms. The fourth-order valence-corrected chi connectivity index (χ4v) is 3.92. The van der Waals surface area contributed by atoms with Crippen LogP contribution in [0.25, 0.3) is 11.1 Å². The summed E-state index contributed by atoms with van der Waals surface area (Å²) in [6.45, 7) is 3.03. The third-order valence-corrected chi connectivity index (χ3v) is 5.55. The van der Waals surface area contributed by atoms with E-state index < -0.39 is 0 Å². The fourth-order valence-electron chi connectivity index (χ4n) is 3.92. The van der Waals surface area contributed by atoms with Crippen LogP contribution in [0, 0.1) is 12.8 Å². The number of likely N-dealkylation sites (tertiary alicyclic amines) is 1. The van der Waals surface area contributed by atoms with Gasteiger partial charge in [-0.3, -0.25) is 9.59 Å². The maximum atomic E-state index is 12.9. The van der Waals surface area contributed by atoms with Gasteiger partial charge in [-0.1, -0.05) is 42.0 Å². The van der Waals surface area contributed by atoms with Crippen molar-refractivity contribution in [1.29, 1.82) is 0 Å². The Morgan fingerprint density at radius 3 is 2.58 bits per heavy atom. The molecule has 1 atom stereocenters. The Kier molecular flexibility index (Phi) is 6.07. The minimum Gasteiger partial charge on any atom is -0.468 e. The molecule has 1 unspecified atom stereocenters. The second kappa shape index (κ2) is 9.08. The van der Waals surface area contributed by atoms with Gasteiger partial charge in [0.05, 0.1) is 13.0 Å². The highest BCUT2D eigenvalue weighted by atomic mass is 16.6. The summed E-state index contributed by atoms with van der Waals surface area (Å²) in [5, 5.41) is 3.03. The summed E-state index contributed by atoms with van der Waals surface area (Å²) in [5.74, 6) is -0.0396. The molecule has 1 aromatic heterocycles. The van der Waals surface area contributed by atoms with Gasteiger partial charge >= 0.3 is 0 Å². The number of ether oxygens (including phenoxy) is 1. The van der Waals surface area contributed by atoms with Gasteiger partial charge in [-0.05, 0) is 49.1 Å². The van der Waals surface area contributed by atoms with Crippen molar-refractivity contribution in [3.8, 4) is 17.1 Å². The molecule has 6 heteroatoms. The van der Waals surface area contributed by atoms with Crippen molar-refractivity contribution in [3.05, 3.63) is 72.0 Å². The van der Waals surface area contributed by atoms with Gasteiger partial charge in [-0.25, -0.2) is 0 Å². The molecule has 2 aromatic carbocycles. The number of rotatable bonds is 5. The quantitative estimate of drug-likeness (QED) is 0.649. The molecule has 1 N–H and O–H groups in total. The summed E-state index contributed by atoms with van der Waals surface area (Å²) in [4.78, 5) is 27.3. The topological polar surface area (TPSA) is 71.8 Å². The Bertz CT molecular complexity index is 1090. The van der Waals surface area contributed by atoms with Crippen LogP contribution in [-0.4, -0.2) is 36.9 Å². The molecule has 2 heterocycles. The van der Waals surface area contributed by atoms with E-state index in [9.17, 15) is 9.59 Å². The maximum absolute atomic E-state index is 12.9. The molecule has 6 nitrogen and oxygen atoms in total. The second-order valence-corrected chi connectivity index (χ2v) is 7.85. The third kappa shape index (κ3) is 4.79. The highest BCUT2D eigenvalue weighted by Crippen LogP contribution is 2.26. The highest BCUT2D eigenvalue weighted by molar-refractivity contribution is 5.95. The summed E-state index contributed by atoms with van der Waals surface area (Å²) in [6.07, 6.45) is 1.51. The van der Waals surface area contributed by atoms with Crippen LogP contribution in [0.5, 0.6) is 5.95 Å². The van der Waals surface area contributed by atoms with Crippen LogP contribution in [0.2, 0.25) is 0 Å². The Morgan fingerprint density at radius 1 is 1.06 bits per heavy atom. The molecule has 1 aliphatic heterocycles. The van der Waals surface area contributed by atoms with Gasteiger partial charge in [0.15, 0.2) is 5.76 Å². The van der Waals surface area contributed by atoms with Crippen LogP contribution in [0.15, 0.2) is 65.1 Å². The first-order chi connectivity index (χ1) is 15.0. The van der Waals surface area contributed by atoms with E-state index in [0.717, 1.165) is 29.7 Å². The monoisotopic (exact) mass is 418 g/mol. The molecule has 3 aromatic rings. The van der Waals surface area contributed by atoms with E-state index in [4.69, 9.17) is 9.15 Å². The molecule has 160 valence electrons. The van der Waals surface area contributed by atoms with E-state index in [1.807, 2.05) is 30.3 Å². The van der Waals surface area contributed by atoms with Crippen molar-refractivity contribution in [2.45, 2.75) is 19.8 Å². The number of aryl methyl sites for hydroxylation is 1. The van der Waals surface area contributed by atoms with Gasteiger partial charge in [-0.15, -0.1) is 0 Å². The SMILES string of the molecule is COc1ccc(C(=O)N2CCCC(C(=O)Nc3cccc(-c4cccc(C)c4)c3)C2)o1. The molecule has 0 saturated carbocycles. The number of benzene rings is 2. The molecule has 1 fully saturated rings. The normalized spacial score (nSPS) is 16.1. The van der Waals surface area contributed by atoms with Crippen LogP contribution >= 0.6 is 0 Å². The first kappa shape index (κ1) is 20.7. The highest BCUT2D eigenvalue weighted by Gasteiger charge is 2.30. The van der Waals surface area contributed by atoms with Crippen molar-refractivity contribution in [2.75, 3.05) is 25.5 Å². The first-order valence-corrected chi connectivity index (χ1v) is 10.4. The second-order valence-electron chi connectivity index (χ2n) is 7.85. The summed E-state index contributed by atoms with van der Waals surface area (Å²) in [7, 11) is 1.49. The number of furan rings is 1. The summed E-state index contributed by atoms with van der Waals surface area (Å²) >= 11 is 0. The number of hydrogen-bond acceptors (Lipinski definition) is 4. The Labute approximate surface area is 181 Å². The van der Waals surface area contributed by atoms with Crippen LogP contribution in [0.1, 0.15) is 29.0 Å². The number of carbonyl (C=O) groups is 2. The predicted octanol–water partition coefficient (Wildman–Crippen LogP) is 4.75. The molecule has 0 aliphatic carbocycles. The molecule has 0 radical (unpaired) electrons. The third-order valence-electron chi connectivity index (χ3n) is 5.55. The number of hydrogen-bond donors (Lipinski definition) is 1. The van der Waals surface area contributed by atoms with Crippen LogP contribution < -0.4 is 10.1 Å². The summed E-state index contributed by atoms with van der Waals surface area (Å²) < 4.78 is 10.4. The molecule has 0 bridgehead atoms. The van der Waals surface area contributed by atoms with Crippen molar-refractivity contribution in [2.24, 2.45) is 5.92 Å². The van der Waals surface area contributed by atoms with E-state index >= 15 is 0 Å². The van der Waals surface area contributed by atoms with Gasteiger partial charge in [-0.2, -0.15) is 0 Å². The Balaban J connectivity index is 1.42. The van der Waals surface area contributed by atoms with Gasteiger partial charge in [0.2, 0.25) is 5.91 Å². The number of nitrogens with zero attached hydrogens (tertiary/aromatic N) is 1. The van der Waals surface area contributed by atoms with Gasteiger partial charge in [0.25, 0.3) is 11.9 Å². The zero-order valence-electron chi connectivity index (χ0n) is 17.8. The first-order valence-electron chi connectivity index (χ1n) is 10.4. The predicted molar refractivity (Wildman–Crippen MR) is 119 cm³/mol. The van der Waals surface area contributed by atoms with Crippen molar-refractivity contribution in [1.82, 2.24) is 4.90 Å². The number of nitrogens with one attached hydrogen (secondary N) is 1. The fraction of sp³-hybridized carbons (Fsp3) is 0.280. The Hall–Kier alpha value is -3.54. The van der Waals surface area contributed by atoms with E-state index in [0.29, 0.717) is 19.0 Å². The summed E-state index contributed by atoms with van der Waals surface area (Å²) in [6, 6.07) is 19.3. The lowest BCUT2D eigenvalue weighted by molar-refractivity contribution is -0.121. The van der Waals surface area contributed by atoms with Gasteiger partial charge < -0.3 is 19.4 Å². The Morgan fingerprint density at radius 2 is 1.84 bits per heavy atom. The molecule has 31 heavy (non-hydrogen) atoms. The summed E-state index contributed by atoms with van der Waals surface area (Å²) in [5.41, 5.74) is 4.10. The average Bonchev–Trinajstić information content (AvgIpc) is 3.28. The minimum absolute atomic E-state index is 0.0732. The van der Waals surface area contributed by atoms with Crippen LogP contribution in [0.3, 0.4) is 0 Å². The van der Waals surface area contributed by atoms with Gasteiger partial charge in [0, 0.05) is 24.8 Å². The van der Waals surface area contributed by atoms with Crippen LogP contribution in [0.4, 0.5) is 5.69 Å². The molecular weight excluding hydrogens is 392 g/mol. The lowest BCUT2D eigenvalue weighted by Crippen LogP contribution is -2.43. The lowest BCUT2D eigenvalue weighted by atomic mass is 9.96. The van der Waals surface area contributed by atoms with E-state index in [-0.39, 0.29) is 23.5 Å². The van der Waals surface area contributed by atoms with E-state index in [1.54, 1.807) is 17.0 Å². The number of carbonyl (C=O) groups excluding carboxylic acids is 2.